The van der Waals surface area contributed by atoms with Gasteiger partial charge < -0.3 is 10.1 Å². The number of carbonyl (C=O) groups is 1. The van der Waals surface area contributed by atoms with Crippen molar-refractivity contribution in [2.24, 2.45) is 5.92 Å². The van der Waals surface area contributed by atoms with Gasteiger partial charge in [-0.2, -0.15) is 0 Å². The number of thiophene rings is 1. The van der Waals surface area contributed by atoms with Crippen LogP contribution >= 0.6 is 11.3 Å². The Morgan fingerprint density at radius 1 is 1.33 bits per heavy atom. The van der Waals surface area contributed by atoms with E-state index in [1.165, 1.54) is 11.2 Å². The SMILES string of the molecule is Cc1sc2ncnc(OCC(=O)N[C@H](C)C(C)C)c2c1C. The second kappa shape index (κ2) is 6.39. The van der Waals surface area contributed by atoms with E-state index in [0.717, 1.165) is 15.8 Å². The van der Waals surface area contributed by atoms with Crippen molar-refractivity contribution in [2.45, 2.75) is 40.7 Å². The zero-order valence-electron chi connectivity index (χ0n) is 13.1. The fourth-order valence-electron chi connectivity index (χ4n) is 1.86. The second-order valence-electron chi connectivity index (χ2n) is 5.53. The first-order valence-electron chi connectivity index (χ1n) is 7.03. The average Bonchev–Trinajstić information content (AvgIpc) is 2.72. The highest BCUT2D eigenvalue weighted by atomic mass is 32.1. The summed E-state index contributed by atoms with van der Waals surface area (Å²) in [6, 6.07) is 0.122. The van der Waals surface area contributed by atoms with E-state index in [2.05, 4.69) is 29.1 Å². The topological polar surface area (TPSA) is 64.1 Å². The number of fused-ring (bicyclic) bond motifs is 1. The minimum Gasteiger partial charge on any atom is -0.467 e. The molecule has 0 unspecified atom stereocenters. The van der Waals surface area contributed by atoms with Gasteiger partial charge in [-0.1, -0.05) is 13.8 Å². The van der Waals surface area contributed by atoms with Crippen molar-refractivity contribution in [2.75, 3.05) is 6.61 Å². The Hall–Kier alpha value is -1.69. The van der Waals surface area contributed by atoms with Crippen molar-refractivity contribution in [1.29, 1.82) is 0 Å². The van der Waals surface area contributed by atoms with Crippen LogP contribution < -0.4 is 10.1 Å². The third-order valence-corrected chi connectivity index (χ3v) is 4.77. The standard InChI is InChI=1S/C15H21N3O2S/c1-8(2)10(4)18-12(19)6-20-14-13-9(3)11(5)21-15(13)17-7-16-14/h7-8,10H,6H2,1-5H3,(H,18,19)/t10-/m1/s1. The Labute approximate surface area is 128 Å². The van der Waals surface area contributed by atoms with Crippen LogP contribution in [0, 0.1) is 19.8 Å². The lowest BCUT2D eigenvalue weighted by atomic mass is 10.1. The third-order valence-electron chi connectivity index (χ3n) is 3.66. The summed E-state index contributed by atoms with van der Waals surface area (Å²) >= 11 is 1.61. The second-order valence-corrected chi connectivity index (χ2v) is 6.73. The minimum atomic E-state index is -0.132. The Balaban J connectivity index is 2.09. The zero-order valence-corrected chi connectivity index (χ0v) is 13.9. The van der Waals surface area contributed by atoms with Gasteiger partial charge in [0.25, 0.3) is 5.91 Å². The lowest BCUT2D eigenvalue weighted by Crippen LogP contribution is -2.39. The number of rotatable bonds is 5. The summed E-state index contributed by atoms with van der Waals surface area (Å²) in [6.07, 6.45) is 1.47. The Kier molecular flexibility index (Phi) is 4.77. The number of nitrogens with one attached hydrogen (secondary N) is 1. The molecule has 2 heterocycles. The molecule has 6 heteroatoms. The summed E-state index contributed by atoms with van der Waals surface area (Å²) in [5, 5.41) is 3.82. The highest BCUT2D eigenvalue weighted by molar-refractivity contribution is 7.18. The van der Waals surface area contributed by atoms with E-state index in [1.54, 1.807) is 11.3 Å². The van der Waals surface area contributed by atoms with Crippen molar-refractivity contribution in [3.63, 3.8) is 0 Å². The van der Waals surface area contributed by atoms with Crippen molar-refractivity contribution in [3.8, 4) is 5.88 Å². The highest BCUT2D eigenvalue weighted by Gasteiger charge is 2.15. The van der Waals surface area contributed by atoms with E-state index < -0.39 is 0 Å². The maximum absolute atomic E-state index is 11.9. The predicted molar refractivity (Wildman–Crippen MR) is 84.8 cm³/mol. The summed E-state index contributed by atoms with van der Waals surface area (Å²) in [5.41, 5.74) is 1.11. The summed E-state index contributed by atoms with van der Waals surface area (Å²) in [6.45, 7) is 10.2. The van der Waals surface area contributed by atoms with Gasteiger partial charge in [-0.15, -0.1) is 11.3 Å². The van der Waals surface area contributed by atoms with Crippen LogP contribution in [0.1, 0.15) is 31.2 Å². The van der Waals surface area contributed by atoms with Crippen LogP contribution in [0.4, 0.5) is 0 Å². The number of nitrogens with zero attached hydrogens (tertiary/aromatic N) is 2. The number of hydrogen-bond donors (Lipinski definition) is 1. The van der Waals surface area contributed by atoms with Gasteiger partial charge in [0.05, 0.1) is 5.39 Å². The quantitative estimate of drug-likeness (QED) is 0.922. The molecule has 0 bridgehead atoms. The highest BCUT2D eigenvalue weighted by Crippen LogP contribution is 2.33. The Morgan fingerprint density at radius 3 is 2.71 bits per heavy atom. The summed E-state index contributed by atoms with van der Waals surface area (Å²) in [5.74, 6) is 0.739. The van der Waals surface area contributed by atoms with Gasteiger partial charge in [-0.25, -0.2) is 9.97 Å². The molecule has 0 spiro atoms. The minimum absolute atomic E-state index is 0.0303. The molecule has 0 aliphatic carbocycles. The molecule has 0 aromatic carbocycles. The van der Waals surface area contributed by atoms with Gasteiger partial charge in [0.15, 0.2) is 6.61 Å². The Morgan fingerprint density at radius 2 is 2.05 bits per heavy atom. The normalized spacial score (nSPS) is 12.7. The number of aryl methyl sites for hydroxylation is 2. The van der Waals surface area contributed by atoms with E-state index in [-0.39, 0.29) is 18.6 Å². The first-order valence-corrected chi connectivity index (χ1v) is 7.84. The number of ether oxygens (including phenoxy) is 1. The molecule has 114 valence electrons. The Bertz CT molecular complexity index is 652. The number of amides is 1. The molecule has 1 N–H and O–H groups in total. The summed E-state index contributed by atoms with van der Waals surface area (Å²) < 4.78 is 5.60. The maximum atomic E-state index is 11.9. The molecule has 2 aromatic heterocycles. The van der Waals surface area contributed by atoms with E-state index in [4.69, 9.17) is 4.74 Å². The van der Waals surface area contributed by atoms with Gasteiger partial charge in [0.2, 0.25) is 5.88 Å². The first-order chi connectivity index (χ1) is 9.90. The van der Waals surface area contributed by atoms with Gasteiger partial charge in [0, 0.05) is 10.9 Å². The van der Waals surface area contributed by atoms with Crippen LogP contribution in [0.25, 0.3) is 10.2 Å². The fraction of sp³-hybridized carbons (Fsp3) is 0.533. The van der Waals surface area contributed by atoms with Crippen LogP contribution in [0.5, 0.6) is 5.88 Å². The monoisotopic (exact) mass is 307 g/mol. The van der Waals surface area contributed by atoms with E-state index in [0.29, 0.717) is 11.8 Å². The van der Waals surface area contributed by atoms with Crippen LogP contribution in [0.2, 0.25) is 0 Å². The van der Waals surface area contributed by atoms with Crippen LogP contribution in [-0.4, -0.2) is 28.5 Å². The molecule has 21 heavy (non-hydrogen) atoms. The van der Waals surface area contributed by atoms with E-state index in [9.17, 15) is 4.79 Å². The van der Waals surface area contributed by atoms with Crippen molar-refractivity contribution in [1.82, 2.24) is 15.3 Å². The van der Waals surface area contributed by atoms with Gasteiger partial charge in [-0.3, -0.25) is 4.79 Å². The molecule has 5 nitrogen and oxygen atoms in total. The van der Waals surface area contributed by atoms with Gasteiger partial charge in [-0.05, 0) is 32.3 Å². The van der Waals surface area contributed by atoms with Crippen LogP contribution in [0.3, 0.4) is 0 Å². The summed E-state index contributed by atoms with van der Waals surface area (Å²) in [7, 11) is 0. The fourth-order valence-corrected chi connectivity index (χ4v) is 2.84. The van der Waals surface area contributed by atoms with Gasteiger partial charge >= 0.3 is 0 Å². The van der Waals surface area contributed by atoms with Crippen molar-refractivity contribution >= 4 is 27.5 Å². The molecular formula is C15H21N3O2S. The van der Waals surface area contributed by atoms with Crippen molar-refractivity contribution in [3.05, 3.63) is 16.8 Å². The zero-order chi connectivity index (χ0) is 15.6. The van der Waals surface area contributed by atoms with Crippen LogP contribution in [0.15, 0.2) is 6.33 Å². The number of aromatic nitrogens is 2. The smallest absolute Gasteiger partial charge is 0.258 e. The largest absolute Gasteiger partial charge is 0.467 e. The summed E-state index contributed by atoms with van der Waals surface area (Å²) in [4.78, 5) is 22.4. The van der Waals surface area contributed by atoms with E-state index in [1.807, 2.05) is 20.8 Å². The van der Waals surface area contributed by atoms with Gasteiger partial charge in [0.1, 0.15) is 11.2 Å². The molecule has 0 aliphatic rings. The predicted octanol–water partition coefficient (Wildman–Crippen LogP) is 2.85. The van der Waals surface area contributed by atoms with Crippen LogP contribution in [-0.2, 0) is 4.79 Å². The van der Waals surface area contributed by atoms with E-state index >= 15 is 0 Å². The molecule has 0 saturated heterocycles. The lowest BCUT2D eigenvalue weighted by molar-refractivity contribution is -0.124. The molecule has 2 aromatic rings. The maximum Gasteiger partial charge on any atom is 0.258 e. The molecule has 2 rings (SSSR count). The average molecular weight is 307 g/mol. The lowest BCUT2D eigenvalue weighted by Gasteiger charge is -2.17. The first kappa shape index (κ1) is 15.7. The molecule has 1 atom stereocenters. The third kappa shape index (κ3) is 3.50. The molecule has 0 radical (unpaired) electrons. The molecular weight excluding hydrogens is 286 g/mol. The number of hydrogen-bond acceptors (Lipinski definition) is 5. The molecule has 0 aliphatic heterocycles. The number of carbonyl (C=O) groups excluding carboxylic acids is 1. The van der Waals surface area contributed by atoms with Crippen molar-refractivity contribution < 1.29 is 9.53 Å². The molecule has 0 fully saturated rings. The molecule has 0 saturated carbocycles. The molecule has 1 amide bonds.